The summed E-state index contributed by atoms with van der Waals surface area (Å²) in [5.74, 6) is 0. The van der Waals surface area contributed by atoms with Crippen LogP contribution in [0.2, 0.25) is 0 Å². The highest BCUT2D eigenvalue weighted by molar-refractivity contribution is 5.82. The summed E-state index contributed by atoms with van der Waals surface area (Å²) in [5, 5.41) is 4.45. The lowest BCUT2D eigenvalue weighted by Crippen LogP contribution is -2.18. The van der Waals surface area contributed by atoms with Crippen LogP contribution in [0.5, 0.6) is 0 Å². The fourth-order valence-corrected chi connectivity index (χ4v) is 2.64. The van der Waals surface area contributed by atoms with Crippen molar-refractivity contribution in [3.8, 4) is 22.3 Å². The SMILES string of the molecule is CN(C)CCn1cc(-c2cn(C)c(=O)cc2-c2ccccc2)cn1. The molecule has 0 radical (unpaired) electrons. The summed E-state index contributed by atoms with van der Waals surface area (Å²) in [6.07, 6.45) is 5.79. The molecule has 0 aliphatic carbocycles. The molecule has 5 heteroatoms. The molecule has 0 aliphatic heterocycles. The molecule has 5 nitrogen and oxygen atoms in total. The van der Waals surface area contributed by atoms with Crippen molar-refractivity contribution in [2.45, 2.75) is 6.54 Å². The Hall–Kier alpha value is -2.66. The number of aryl methyl sites for hydroxylation is 1. The van der Waals surface area contributed by atoms with Crippen molar-refractivity contribution in [1.29, 1.82) is 0 Å². The monoisotopic (exact) mass is 322 g/mol. The maximum Gasteiger partial charge on any atom is 0.250 e. The van der Waals surface area contributed by atoms with Gasteiger partial charge in [0.05, 0.1) is 12.7 Å². The van der Waals surface area contributed by atoms with Gasteiger partial charge in [0.15, 0.2) is 0 Å². The second-order valence-electron chi connectivity index (χ2n) is 6.21. The van der Waals surface area contributed by atoms with Crippen LogP contribution in [0, 0.1) is 0 Å². The zero-order valence-electron chi connectivity index (χ0n) is 14.3. The molecular weight excluding hydrogens is 300 g/mol. The predicted octanol–water partition coefficient (Wildman–Crippen LogP) is 2.48. The first-order valence-corrected chi connectivity index (χ1v) is 7.98. The second kappa shape index (κ2) is 6.84. The van der Waals surface area contributed by atoms with Crippen molar-refractivity contribution < 1.29 is 0 Å². The van der Waals surface area contributed by atoms with Crippen LogP contribution in [-0.2, 0) is 13.6 Å². The van der Waals surface area contributed by atoms with Gasteiger partial charge in [0, 0.05) is 43.2 Å². The van der Waals surface area contributed by atoms with Crippen LogP contribution in [0.4, 0.5) is 0 Å². The van der Waals surface area contributed by atoms with Crippen LogP contribution >= 0.6 is 0 Å². The van der Waals surface area contributed by atoms with Gasteiger partial charge in [0.2, 0.25) is 0 Å². The molecule has 2 heterocycles. The number of rotatable bonds is 5. The summed E-state index contributed by atoms with van der Waals surface area (Å²) in [6, 6.07) is 11.7. The highest BCUT2D eigenvalue weighted by atomic mass is 16.1. The Morgan fingerprint density at radius 1 is 1.04 bits per heavy atom. The van der Waals surface area contributed by atoms with Crippen LogP contribution in [0.3, 0.4) is 0 Å². The van der Waals surface area contributed by atoms with Crippen LogP contribution in [0.1, 0.15) is 0 Å². The number of pyridine rings is 1. The first-order valence-electron chi connectivity index (χ1n) is 7.98. The molecule has 24 heavy (non-hydrogen) atoms. The van der Waals surface area contributed by atoms with Gasteiger partial charge in [-0.2, -0.15) is 5.10 Å². The molecule has 3 aromatic rings. The molecule has 0 N–H and O–H groups in total. The van der Waals surface area contributed by atoms with E-state index in [0.29, 0.717) is 0 Å². The summed E-state index contributed by atoms with van der Waals surface area (Å²) in [6.45, 7) is 1.76. The minimum Gasteiger partial charge on any atom is -0.318 e. The van der Waals surface area contributed by atoms with Gasteiger partial charge in [-0.3, -0.25) is 9.48 Å². The van der Waals surface area contributed by atoms with Gasteiger partial charge in [-0.15, -0.1) is 0 Å². The van der Waals surface area contributed by atoms with Crippen LogP contribution < -0.4 is 5.56 Å². The zero-order chi connectivity index (χ0) is 17.1. The molecule has 0 bridgehead atoms. The van der Waals surface area contributed by atoms with E-state index >= 15 is 0 Å². The van der Waals surface area contributed by atoms with E-state index in [1.54, 1.807) is 17.7 Å². The topological polar surface area (TPSA) is 43.1 Å². The summed E-state index contributed by atoms with van der Waals surface area (Å²) in [5.41, 5.74) is 3.98. The van der Waals surface area contributed by atoms with E-state index < -0.39 is 0 Å². The molecule has 0 unspecified atom stereocenters. The minimum absolute atomic E-state index is 0.0161. The Kier molecular flexibility index (Phi) is 4.62. The molecule has 0 spiro atoms. The van der Waals surface area contributed by atoms with Crippen molar-refractivity contribution in [3.63, 3.8) is 0 Å². The third kappa shape index (κ3) is 3.46. The fraction of sp³-hybridized carbons (Fsp3) is 0.263. The largest absolute Gasteiger partial charge is 0.318 e. The first kappa shape index (κ1) is 16.2. The van der Waals surface area contributed by atoms with Crippen molar-refractivity contribution in [2.24, 2.45) is 7.05 Å². The lowest BCUT2D eigenvalue weighted by molar-refractivity contribution is 0.373. The zero-order valence-corrected chi connectivity index (χ0v) is 14.3. The summed E-state index contributed by atoms with van der Waals surface area (Å²) < 4.78 is 3.55. The molecule has 0 saturated carbocycles. The third-order valence-electron chi connectivity index (χ3n) is 4.03. The highest BCUT2D eigenvalue weighted by Gasteiger charge is 2.12. The van der Waals surface area contributed by atoms with Gasteiger partial charge in [-0.1, -0.05) is 30.3 Å². The molecule has 2 aromatic heterocycles. The van der Waals surface area contributed by atoms with Gasteiger partial charge in [-0.25, -0.2) is 0 Å². The van der Waals surface area contributed by atoms with E-state index in [4.69, 9.17) is 0 Å². The Labute approximate surface area is 141 Å². The van der Waals surface area contributed by atoms with Gasteiger partial charge in [0.1, 0.15) is 0 Å². The molecule has 3 rings (SSSR count). The average Bonchev–Trinajstić information content (AvgIpc) is 3.05. The van der Waals surface area contributed by atoms with E-state index in [9.17, 15) is 4.79 Å². The van der Waals surface area contributed by atoms with E-state index in [1.807, 2.05) is 67.7 Å². The lowest BCUT2D eigenvalue weighted by atomic mass is 9.98. The molecule has 0 fully saturated rings. The standard InChI is InChI=1S/C19H22N4O/c1-21(2)9-10-23-13-16(12-20-23)18-14-22(3)19(24)11-17(18)15-7-5-4-6-8-15/h4-8,11-14H,9-10H2,1-3H3. The first-order chi connectivity index (χ1) is 11.5. The summed E-state index contributed by atoms with van der Waals surface area (Å²) in [4.78, 5) is 14.2. The van der Waals surface area contributed by atoms with Crippen molar-refractivity contribution in [1.82, 2.24) is 19.2 Å². The lowest BCUT2D eigenvalue weighted by Gasteiger charge is -2.10. The maximum absolute atomic E-state index is 12.1. The molecular formula is C19H22N4O. The number of benzene rings is 1. The van der Waals surface area contributed by atoms with Crippen molar-refractivity contribution in [3.05, 3.63) is 65.3 Å². The number of hydrogen-bond donors (Lipinski definition) is 0. The Balaban J connectivity index is 2.04. The van der Waals surface area contributed by atoms with E-state index in [-0.39, 0.29) is 5.56 Å². The summed E-state index contributed by atoms with van der Waals surface area (Å²) >= 11 is 0. The predicted molar refractivity (Wildman–Crippen MR) is 96.9 cm³/mol. The van der Waals surface area contributed by atoms with Crippen LogP contribution in [-0.4, -0.2) is 39.9 Å². The molecule has 0 aliphatic rings. The molecule has 1 aromatic carbocycles. The number of likely N-dealkylation sites (N-methyl/N-ethyl adjacent to an activating group) is 1. The Morgan fingerprint density at radius 3 is 2.50 bits per heavy atom. The van der Waals surface area contributed by atoms with Gasteiger partial charge in [-0.05, 0) is 25.2 Å². The number of hydrogen-bond acceptors (Lipinski definition) is 3. The third-order valence-corrected chi connectivity index (χ3v) is 4.03. The van der Waals surface area contributed by atoms with E-state index in [1.165, 1.54) is 0 Å². The van der Waals surface area contributed by atoms with E-state index in [2.05, 4.69) is 10.00 Å². The highest BCUT2D eigenvalue weighted by Crippen LogP contribution is 2.30. The molecule has 0 saturated heterocycles. The van der Waals surface area contributed by atoms with Crippen LogP contribution in [0.15, 0.2) is 59.8 Å². The van der Waals surface area contributed by atoms with Crippen molar-refractivity contribution in [2.75, 3.05) is 20.6 Å². The van der Waals surface area contributed by atoms with Crippen LogP contribution in [0.25, 0.3) is 22.3 Å². The van der Waals surface area contributed by atoms with Gasteiger partial charge >= 0.3 is 0 Å². The molecule has 0 amide bonds. The van der Waals surface area contributed by atoms with Gasteiger partial charge < -0.3 is 9.47 Å². The number of aromatic nitrogens is 3. The van der Waals surface area contributed by atoms with Crippen molar-refractivity contribution >= 4 is 0 Å². The average molecular weight is 322 g/mol. The Bertz CT molecular complexity index is 878. The fourth-order valence-electron chi connectivity index (χ4n) is 2.64. The summed E-state index contributed by atoms with van der Waals surface area (Å²) in [7, 11) is 5.87. The van der Waals surface area contributed by atoms with Gasteiger partial charge in [0.25, 0.3) is 5.56 Å². The normalized spacial score (nSPS) is 11.2. The Morgan fingerprint density at radius 2 is 1.79 bits per heavy atom. The quantitative estimate of drug-likeness (QED) is 0.725. The molecule has 124 valence electrons. The van der Waals surface area contributed by atoms with E-state index in [0.717, 1.165) is 35.3 Å². The smallest absolute Gasteiger partial charge is 0.250 e. The number of nitrogens with zero attached hydrogens (tertiary/aromatic N) is 4. The minimum atomic E-state index is -0.0161. The maximum atomic E-state index is 12.1. The molecule has 0 atom stereocenters. The second-order valence-corrected chi connectivity index (χ2v) is 6.21.